The lowest BCUT2D eigenvalue weighted by Crippen LogP contribution is -2.31. The molecule has 0 rings (SSSR count). The number of aliphatic hydroxyl groups excluding tert-OH is 2. The maximum Gasteiger partial charge on any atom is 0.229 e. The molecule has 0 amide bonds. The predicted octanol–water partition coefficient (Wildman–Crippen LogP) is 0.448. The van der Waals surface area contributed by atoms with Gasteiger partial charge in [-0.25, -0.2) is 0 Å². The average Bonchev–Trinajstić information content (AvgIpc) is 2.21. The molecule has 82 valence electrons. The van der Waals surface area contributed by atoms with Gasteiger partial charge >= 0.3 is 0 Å². The molecule has 0 aromatic carbocycles. The SMILES string of the molecule is CCCCCCC(=O)C(=O)C(O)CO. The minimum Gasteiger partial charge on any atom is -0.393 e. The normalized spacial score (nSPS) is 12.5. The van der Waals surface area contributed by atoms with E-state index in [0.717, 1.165) is 19.3 Å². The summed E-state index contributed by atoms with van der Waals surface area (Å²) in [6, 6.07) is 0. The van der Waals surface area contributed by atoms with E-state index in [9.17, 15) is 9.59 Å². The zero-order valence-corrected chi connectivity index (χ0v) is 8.53. The molecular weight excluding hydrogens is 184 g/mol. The van der Waals surface area contributed by atoms with Crippen molar-refractivity contribution >= 4 is 11.6 Å². The molecule has 4 heteroatoms. The van der Waals surface area contributed by atoms with Crippen LogP contribution in [0.1, 0.15) is 39.0 Å². The third-order valence-corrected chi connectivity index (χ3v) is 2.01. The van der Waals surface area contributed by atoms with Crippen LogP contribution in [0.25, 0.3) is 0 Å². The standard InChI is InChI=1S/C10H18O4/c1-2-3-4-5-6-8(12)10(14)9(13)7-11/h9,11,13H,2-7H2,1H3. The summed E-state index contributed by atoms with van der Waals surface area (Å²) in [5.74, 6) is -1.45. The van der Waals surface area contributed by atoms with Crippen molar-refractivity contribution in [2.24, 2.45) is 0 Å². The van der Waals surface area contributed by atoms with E-state index in [4.69, 9.17) is 10.2 Å². The largest absolute Gasteiger partial charge is 0.393 e. The van der Waals surface area contributed by atoms with E-state index >= 15 is 0 Å². The van der Waals surface area contributed by atoms with Crippen LogP contribution in [0.2, 0.25) is 0 Å². The molecular formula is C10H18O4. The van der Waals surface area contributed by atoms with Gasteiger partial charge in [-0.15, -0.1) is 0 Å². The van der Waals surface area contributed by atoms with Crippen LogP contribution in [0.15, 0.2) is 0 Å². The number of hydrogen-bond acceptors (Lipinski definition) is 4. The Morgan fingerprint density at radius 2 is 1.86 bits per heavy atom. The Morgan fingerprint density at radius 1 is 1.21 bits per heavy atom. The predicted molar refractivity (Wildman–Crippen MR) is 51.9 cm³/mol. The lowest BCUT2D eigenvalue weighted by molar-refractivity contribution is -0.142. The minimum absolute atomic E-state index is 0.176. The van der Waals surface area contributed by atoms with Crippen molar-refractivity contribution in [3.8, 4) is 0 Å². The number of ketones is 2. The fourth-order valence-corrected chi connectivity index (χ4v) is 1.10. The smallest absolute Gasteiger partial charge is 0.229 e. The van der Waals surface area contributed by atoms with Crippen LogP contribution in [0.4, 0.5) is 0 Å². The first-order valence-corrected chi connectivity index (χ1v) is 4.99. The highest BCUT2D eigenvalue weighted by molar-refractivity contribution is 6.38. The molecule has 0 aliphatic carbocycles. The topological polar surface area (TPSA) is 74.6 Å². The van der Waals surface area contributed by atoms with Crippen molar-refractivity contribution in [1.82, 2.24) is 0 Å². The van der Waals surface area contributed by atoms with E-state index in [1.54, 1.807) is 0 Å². The molecule has 0 aliphatic heterocycles. The summed E-state index contributed by atoms with van der Waals surface area (Å²) in [5.41, 5.74) is 0. The van der Waals surface area contributed by atoms with Crippen LogP contribution in [0.3, 0.4) is 0 Å². The number of Topliss-reactive ketones (excluding diaryl/α,β-unsaturated/α-hetero) is 2. The quantitative estimate of drug-likeness (QED) is 0.442. The molecule has 1 unspecified atom stereocenters. The van der Waals surface area contributed by atoms with Gasteiger partial charge in [-0.2, -0.15) is 0 Å². The van der Waals surface area contributed by atoms with Gasteiger partial charge in [0, 0.05) is 6.42 Å². The number of carbonyl (C=O) groups excluding carboxylic acids is 2. The Morgan fingerprint density at radius 3 is 2.36 bits per heavy atom. The third kappa shape index (κ3) is 5.09. The fraction of sp³-hybridized carbons (Fsp3) is 0.800. The summed E-state index contributed by atoms with van der Waals surface area (Å²) in [4.78, 5) is 22.1. The lowest BCUT2D eigenvalue weighted by Gasteiger charge is -2.04. The molecule has 0 bridgehead atoms. The molecule has 0 saturated carbocycles. The highest BCUT2D eigenvalue weighted by Crippen LogP contribution is 2.04. The first-order chi connectivity index (χ1) is 6.63. The summed E-state index contributed by atoms with van der Waals surface area (Å²) in [6.45, 7) is 1.38. The minimum atomic E-state index is -1.53. The molecule has 0 spiro atoms. The van der Waals surface area contributed by atoms with Crippen LogP contribution in [-0.4, -0.2) is 34.5 Å². The Hall–Kier alpha value is -0.740. The second-order valence-electron chi connectivity index (χ2n) is 3.30. The Kier molecular flexibility index (Phi) is 7.24. The van der Waals surface area contributed by atoms with Gasteiger partial charge in [0.25, 0.3) is 0 Å². The van der Waals surface area contributed by atoms with Crippen molar-refractivity contribution in [2.45, 2.75) is 45.1 Å². The molecule has 14 heavy (non-hydrogen) atoms. The van der Waals surface area contributed by atoms with Gasteiger partial charge < -0.3 is 10.2 Å². The number of aliphatic hydroxyl groups is 2. The Labute approximate surface area is 83.9 Å². The maximum atomic E-state index is 11.1. The summed E-state index contributed by atoms with van der Waals surface area (Å²) in [6.07, 6.45) is 2.36. The molecule has 4 nitrogen and oxygen atoms in total. The van der Waals surface area contributed by atoms with Gasteiger partial charge in [-0.1, -0.05) is 26.2 Å². The fourth-order valence-electron chi connectivity index (χ4n) is 1.10. The second kappa shape index (κ2) is 7.64. The summed E-state index contributed by atoms with van der Waals surface area (Å²) >= 11 is 0. The molecule has 2 N–H and O–H groups in total. The monoisotopic (exact) mass is 202 g/mol. The van der Waals surface area contributed by atoms with E-state index in [0.29, 0.717) is 6.42 Å². The zero-order valence-electron chi connectivity index (χ0n) is 8.53. The van der Waals surface area contributed by atoms with Crippen molar-refractivity contribution in [3.05, 3.63) is 0 Å². The summed E-state index contributed by atoms with van der Waals surface area (Å²) in [7, 11) is 0. The Balaban J connectivity index is 3.68. The van der Waals surface area contributed by atoms with Gasteiger partial charge in [-0.05, 0) is 6.42 Å². The number of unbranched alkanes of at least 4 members (excludes halogenated alkanes) is 3. The van der Waals surface area contributed by atoms with E-state index in [2.05, 4.69) is 6.92 Å². The van der Waals surface area contributed by atoms with Crippen molar-refractivity contribution in [2.75, 3.05) is 6.61 Å². The van der Waals surface area contributed by atoms with Crippen LogP contribution in [-0.2, 0) is 9.59 Å². The number of hydrogen-bond donors (Lipinski definition) is 2. The van der Waals surface area contributed by atoms with Crippen molar-refractivity contribution in [1.29, 1.82) is 0 Å². The van der Waals surface area contributed by atoms with Crippen LogP contribution in [0, 0.1) is 0 Å². The lowest BCUT2D eigenvalue weighted by atomic mass is 10.1. The van der Waals surface area contributed by atoms with E-state index in [1.807, 2.05) is 0 Å². The highest BCUT2D eigenvalue weighted by atomic mass is 16.3. The zero-order chi connectivity index (χ0) is 11.0. The third-order valence-electron chi connectivity index (χ3n) is 2.01. The molecule has 0 aromatic heterocycles. The first kappa shape index (κ1) is 13.3. The molecule has 0 saturated heterocycles. The van der Waals surface area contributed by atoms with Gasteiger partial charge in [0.15, 0.2) is 0 Å². The van der Waals surface area contributed by atoms with Gasteiger partial charge in [-0.3, -0.25) is 9.59 Å². The van der Waals surface area contributed by atoms with Gasteiger partial charge in [0.1, 0.15) is 6.10 Å². The van der Waals surface area contributed by atoms with E-state index in [1.165, 1.54) is 0 Å². The molecule has 0 aliphatic rings. The van der Waals surface area contributed by atoms with Crippen LogP contribution >= 0.6 is 0 Å². The summed E-state index contributed by atoms with van der Waals surface area (Å²) < 4.78 is 0. The van der Waals surface area contributed by atoms with Gasteiger partial charge in [0.05, 0.1) is 6.61 Å². The van der Waals surface area contributed by atoms with Crippen LogP contribution in [0.5, 0.6) is 0 Å². The molecule has 0 aromatic rings. The number of carbonyl (C=O) groups is 2. The maximum absolute atomic E-state index is 11.1. The van der Waals surface area contributed by atoms with E-state index in [-0.39, 0.29) is 6.42 Å². The first-order valence-electron chi connectivity index (χ1n) is 4.99. The van der Waals surface area contributed by atoms with E-state index < -0.39 is 24.3 Å². The molecule has 0 heterocycles. The van der Waals surface area contributed by atoms with Crippen molar-refractivity contribution < 1.29 is 19.8 Å². The Bertz CT molecular complexity index is 189. The number of rotatable bonds is 8. The molecule has 0 radical (unpaired) electrons. The van der Waals surface area contributed by atoms with Gasteiger partial charge in [0.2, 0.25) is 11.6 Å². The van der Waals surface area contributed by atoms with Crippen LogP contribution < -0.4 is 0 Å². The average molecular weight is 202 g/mol. The molecule has 1 atom stereocenters. The van der Waals surface area contributed by atoms with Crippen molar-refractivity contribution in [3.63, 3.8) is 0 Å². The summed E-state index contributed by atoms with van der Waals surface area (Å²) in [5, 5.41) is 17.3. The molecule has 0 fully saturated rings. The highest BCUT2D eigenvalue weighted by Gasteiger charge is 2.21. The second-order valence-corrected chi connectivity index (χ2v) is 3.30.